The predicted octanol–water partition coefficient (Wildman–Crippen LogP) is 4.53. The fourth-order valence-electron chi connectivity index (χ4n) is 2.08. The molecule has 0 spiro atoms. The van der Waals surface area contributed by atoms with Crippen molar-refractivity contribution >= 4 is 16.7 Å². The van der Waals surface area contributed by atoms with Gasteiger partial charge in [0.15, 0.2) is 0 Å². The minimum Gasteiger partial charge on any atom is -0.456 e. The van der Waals surface area contributed by atoms with Crippen molar-refractivity contribution < 1.29 is 4.42 Å². The summed E-state index contributed by atoms with van der Waals surface area (Å²) in [7, 11) is 0. The van der Waals surface area contributed by atoms with Gasteiger partial charge in [0.05, 0.1) is 0 Å². The van der Waals surface area contributed by atoms with Crippen molar-refractivity contribution in [3.8, 4) is 11.3 Å². The summed E-state index contributed by atoms with van der Waals surface area (Å²) in [5, 5.41) is 4.42. The molecule has 0 fully saturated rings. The molecule has 0 bridgehead atoms. The van der Waals surface area contributed by atoms with Crippen molar-refractivity contribution in [1.82, 2.24) is 0 Å². The van der Waals surface area contributed by atoms with Crippen LogP contribution in [-0.2, 0) is 0 Å². The molecule has 1 aromatic heterocycles. The number of anilines is 1. The Labute approximate surface area is 106 Å². The first kappa shape index (κ1) is 10.9. The Balaban J connectivity index is 1.98. The minimum absolute atomic E-state index is 0.916. The average molecular weight is 237 g/mol. The quantitative estimate of drug-likeness (QED) is 0.723. The normalized spacial score (nSPS) is 10.7. The van der Waals surface area contributed by atoms with Crippen LogP contribution >= 0.6 is 0 Å². The number of fused-ring (bicyclic) bond motifs is 1. The van der Waals surface area contributed by atoms with Crippen LogP contribution in [0.1, 0.15) is 6.92 Å². The summed E-state index contributed by atoms with van der Waals surface area (Å²) in [6, 6.07) is 18.5. The van der Waals surface area contributed by atoms with Gasteiger partial charge in [0, 0.05) is 23.2 Å². The Morgan fingerprint density at radius 3 is 2.50 bits per heavy atom. The Kier molecular flexibility index (Phi) is 2.77. The van der Waals surface area contributed by atoms with E-state index in [9.17, 15) is 0 Å². The molecule has 0 atom stereocenters. The molecule has 2 heteroatoms. The van der Waals surface area contributed by atoms with Crippen molar-refractivity contribution in [3.05, 3.63) is 54.6 Å². The molecule has 3 aromatic rings. The fourth-order valence-corrected chi connectivity index (χ4v) is 2.08. The number of furan rings is 1. The van der Waals surface area contributed by atoms with Crippen molar-refractivity contribution in [2.75, 3.05) is 11.9 Å². The molecule has 0 aliphatic carbocycles. The van der Waals surface area contributed by atoms with E-state index in [0.29, 0.717) is 0 Å². The van der Waals surface area contributed by atoms with Gasteiger partial charge in [0.2, 0.25) is 0 Å². The Hall–Kier alpha value is -2.22. The summed E-state index contributed by atoms with van der Waals surface area (Å²) in [4.78, 5) is 0. The topological polar surface area (TPSA) is 25.2 Å². The Bertz CT molecular complexity index is 619. The lowest BCUT2D eigenvalue weighted by molar-refractivity contribution is 0.631. The first-order valence-corrected chi connectivity index (χ1v) is 6.19. The van der Waals surface area contributed by atoms with E-state index in [-0.39, 0.29) is 0 Å². The van der Waals surface area contributed by atoms with E-state index in [4.69, 9.17) is 4.42 Å². The first-order valence-electron chi connectivity index (χ1n) is 6.19. The van der Waals surface area contributed by atoms with E-state index >= 15 is 0 Å². The number of para-hydroxylation sites is 1. The van der Waals surface area contributed by atoms with Crippen molar-refractivity contribution in [2.24, 2.45) is 0 Å². The van der Waals surface area contributed by atoms with E-state index in [1.165, 1.54) is 0 Å². The Morgan fingerprint density at radius 1 is 1.00 bits per heavy atom. The van der Waals surface area contributed by atoms with E-state index in [0.717, 1.165) is 34.5 Å². The maximum absolute atomic E-state index is 5.83. The molecule has 0 aliphatic rings. The van der Waals surface area contributed by atoms with E-state index in [1.54, 1.807) is 0 Å². The van der Waals surface area contributed by atoms with Crippen LogP contribution in [0.4, 0.5) is 5.69 Å². The maximum Gasteiger partial charge on any atom is 0.135 e. The van der Waals surface area contributed by atoms with Crippen LogP contribution in [0.25, 0.3) is 22.3 Å². The molecule has 1 heterocycles. The third-order valence-electron chi connectivity index (χ3n) is 2.98. The molecule has 0 amide bonds. The van der Waals surface area contributed by atoms with Gasteiger partial charge in [-0.3, -0.25) is 0 Å². The molecular weight excluding hydrogens is 222 g/mol. The van der Waals surface area contributed by atoms with Crippen LogP contribution in [0.5, 0.6) is 0 Å². The zero-order chi connectivity index (χ0) is 12.4. The second-order valence-corrected chi connectivity index (χ2v) is 4.26. The lowest BCUT2D eigenvalue weighted by Crippen LogP contribution is -1.95. The molecule has 0 saturated heterocycles. The first-order chi connectivity index (χ1) is 8.86. The van der Waals surface area contributed by atoms with Gasteiger partial charge in [-0.15, -0.1) is 0 Å². The highest BCUT2D eigenvalue weighted by Gasteiger charge is 2.05. The molecule has 0 saturated carbocycles. The number of hydrogen-bond donors (Lipinski definition) is 1. The summed E-state index contributed by atoms with van der Waals surface area (Å²) in [5.74, 6) is 0.916. The van der Waals surface area contributed by atoms with E-state index in [1.807, 2.05) is 18.2 Å². The summed E-state index contributed by atoms with van der Waals surface area (Å²) in [6.45, 7) is 3.02. The highest BCUT2D eigenvalue weighted by molar-refractivity contribution is 5.82. The molecular formula is C16H15NO. The molecule has 1 N–H and O–H groups in total. The number of rotatable bonds is 3. The van der Waals surface area contributed by atoms with Crippen molar-refractivity contribution in [2.45, 2.75) is 6.92 Å². The van der Waals surface area contributed by atoms with Crippen molar-refractivity contribution in [1.29, 1.82) is 0 Å². The molecule has 3 rings (SSSR count). The third-order valence-corrected chi connectivity index (χ3v) is 2.98. The molecule has 0 radical (unpaired) electrons. The van der Waals surface area contributed by atoms with Crippen LogP contribution in [-0.4, -0.2) is 6.54 Å². The maximum atomic E-state index is 5.83. The smallest absolute Gasteiger partial charge is 0.135 e. The van der Waals surface area contributed by atoms with Gasteiger partial charge >= 0.3 is 0 Å². The van der Waals surface area contributed by atoms with Crippen molar-refractivity contribution in [3.63, 3.8) is 0 Å². The second kappa shape index (κ2) is 4.57. The lowest BCUT2D eigenvalue weighted by Gasteiger charge is -2.03. The third kappa shape index (κ3) is 1.97. The SMILES string of the molecule is CCNc1ccc(-c2cc3ccccc3o2)cc1. The van der Waals surface area contributed by atoms with Crippen LogP contribution in [0.15, 0.2) is 59.0 Å². The highest BCUT2D eigenvalue weighted by Crippen LogP contribution is 2.28. The molecule has 2 nitrogen and oxygen atoms in total. The van der Waals surface area contributed by atoms with Crippen LogP contribution in [0, 0.1) is 0 Å². The van der Waals surface area contributed by atoms with Crippen LogP contribution in [0.3, 0.4) is 0 Å². The number of hydrogen-bond acceptors (Lipinski definition) is 2. The average Bonchev–Trinajstić information content (AvgIpc) is 2.84. The standard InChI is InChI=1S/C16H15NO/c1-2-17-14-9-7-12(8-10-14)16-11-13-5-3-4-6-15(13)18-16/h3-11,17H,2H2,1H3. The molecule has 90 valence electrons. The molecule has 0 aliphatic heterocycles. The molecule has 2 aromatic carbocycles. The summed E-state index contributed by atoms with van der Waals surface area (Å²) < 4.78 is 5.83. The monoisotopic (exact) mass is 237 g/mol. The summed E-state index contributed by atoms with van der Waals surface area (Å²) in [5.41, 5.74) is 3.17. The summed E-state index contributed by atoms with van der Waals surface area (Å²) in [6.07, 6.45) is 0. The summed E-state index contributed by atoms with van der Waals surface area (Å²) >= 11 is 0. The zero-order valence-corrected chi connectivity index (χ0v) is 10.3. The zero-order valence-electron chi connectivity index (χ0n) is 10.3. The molecule has 0 unspecified atom stereocenters. The fraction of sp³-hybridized carbons (Fsp3) is 0.125. The van der Waals surface area contributed by atoms with E-state index < -0.39 is 0 Å². The second-order valence-electron chi connectivity index (χ2n) is 4.26. The van der Waals surface area contributed by atoms with Gasteiger partial charge in [-0.05, 0) is 43.3 Å². The van der Waals surface area contributed by atoms with Gasteiger partial charge < -0.3 is 9.73 Å². The van der Waals surface area contributed by atoms with Gasteiger partial charge in [0.1, 0.15) is 11.3 Å². The minimum atomic E-state index is 0.916. The molecule has 18 heavy (non-hydrogen) atoms. The number of nitrogens with one attached hydrogen (secondary N) is 1. The lowest BCUT2D eigenvalue weighted by atomic mass is 10.1. The van der Waals surface area contributed by atoms with Gasteiger partial charge in [0.25, 0.3) is 0 Å². The number of benzene rings is 2. The highest BCUT2D eigenvalue weighted by atomic mass is 16.3. The predicted molar refractivity (Wildman–Crippen MR) is 75.8 cm³/mol. The van der Waals surface area contributed by atoms with E-state index in [2.05, 4.69) is 48.6 Å². The van der Waals surface area contributed by atoms with Crippen LogP contribution in [0.2, 0.25) is 0 Å². The van der Waals surface area contributed by atoms with Gasteiger partial charge in [-0.1, -0.05) is 18.2 Å². The largest absolute Gasteiger partial charge is 0.456 e. The van der Waals surface area contributed by atoms with Gasteiger partial charge in [-0.2, -0.15) is 0 Å². The Morgan fingerprint density at radius 2 is 1.78 bits per heavy atom. The van der Waals surface area contributed by atoms with Crippen LogP contribution < -0.4 is 5.32 Å². The van der Waals surface area contributed by atoms with Gasteiger partial charge in [-0.25, -0.2) is 0 Å².